The minimum absolute atomic E-state index is 0.0197. The number of hydrogen-bond donors (Lipinski definition) is 1. The van der Waals surface area contributed by atoms with Gasteiger partial charge in [-0.25, -0.2) is 0 Å². The van der Waals surface area contributed by atoms with Crippen molar-refractivity contribution in [3.05, 3.63) is 92.4 Å². The third-order valence-corrected chi connectivity index (χ3v) is 4.21. The number of aryl methyl sites for hydroxylation is 2. The summed E-state index contributed by atoms with van der Waals surface area (Å²) in [6, 6.07) is 16.4. The zero-order valence-electron chi connectivity index (χ0n) is 14.6. The SMILES string of the molecule is Cc1cc(-c2ccc([N+](=O)[O-])c(NCc3ccccc3)c2)cn(C)c1=O. The van der Waals surface area contributed by atoms with Crippen LogP contribution in [0, 0.1) is 17.0 Å². The maximum absolute atomic E-state index is 11.9. The molecule has 6 heteroatoms. The van der Waals surface area contributed by atoms with Crippen LogP contribution in [-0.2, 0) is 13.6 Å². The lowest BCUT2D eigenvalue weighted by Gasteiger charge is -2.11. The highest BCUT2D eigenvalue weighted by Crippen LogP contribution is 2.30. The van der Waals surface area contributed by atoms with Gasteiger partial charge in [-0.15, -0.1) is 0 Å². The Labute approximate surface area is 150 Å². The summed E-state index contributed by atoms with van der Waals surface area (Å²) in [5, 5.41) is 14.5. The van der Waals surface area contributed by atoms with E-state index in [0.717, 1.165) is 16.7 Å². The van der Waals surface area contributed by atoms with Crippen molar-refractivity contribution in [2.24, 2.45) is 7.05 Å². The molecule has 3 rings (SSSR count). The van der Waals surface area contributed by atoms with Crippen LogP contribution in [0.5, 0.6) is 0 Å². The minimum Gasteiger partial charge on any atom is -0.375 e. The topological polar surface area (TPSA) is 77.2 Å². The van der Waals surface area contributed by atoms with Crippen molar-refractivity contribution in [3.63, 3.8) is 0 Å². The molecule has 26 heavy (non-hydrogen) atoms. The maximum Gasteiger partial charge on any atom is 0.292 e. The van der Waals surface area contributed by atoms with Crippen molar-refractivity contribution in [3.8, 4) is 11.1 Å². The molecule has 6 nitrogen and oxygen atoms in total. The standard InChI is InChI=1S/C20H19N3O3/c1-14-10-17(13-22(2)20(14)24)16-8-9-19(23(25)26)18(11-16)21-12-15-6-4-3-5-7-15/h3-11,13,21H,12H2,1-2H3. The largest absolute Gasteiger partial charge is 0.375 e. The summed E-state index contributed by atoms with van der Waals surface area (Å²) in [5.41, 5.74) is 3.71. The third-order valence-electron chi connectivity index (χ3n) is 4.21. The van der Waals surface area contributed by atoms with Crippen molar-refractivity contribution < 1.29 is 4.92 Å². The van der Waals surface area contributed by atoms with Crippen molar-refractivity contribution in [1.82, 2.24) is 4.57 Å². The monoisotopic (exact) mass is 349 g/mol. The predicted octanol–water partition coefficient (Wildman–Crippen LogP) is 3.88. The summed E-state index contributed by atoms with van der Waals surface area (Å²) in [6.07, 6.45) is 1.73. The Bertz CT molecular complexity index is 984. The second-order valence-corrected chi connectivity index (χ2v) is 6.16. The Morgan fingerprint density at radius 3 is 2.46 bits per heavy atom. The van der Waals surface area contributed by atoms with E-state index in [0.29, 0.717) is 17.8 Å². The molecular formula is C20H19N3O3. The molecule has 3 aromatic rings. The molecule has 1 heterocycles. The number of aromatic nitrogens is 1. The molecule has 0 aliphatic carbocycles. The molecule has 0 unspecified atom stereocenters. The van der Waals surface area contributed by atoms with E-state index in [1.54, 1.807) is 38.4 Å². The molecule has 0 fully saturated rings. The molecule has 0 aliphatic heterocycles. The highest BCUT2D eigenvalue weighted by Gasteiger charge is 2.15. The third kappa shape index (κ3) is 3.64. The normalized spacial score (nSPS) is 10.5. The fourth-order valence-corrected chi connectivity index (χ4v) is 2.85. The second kappa shape index (κ2) is 7.23. The summed E-state index contributed by atoms with van der Waals surface area (Å²) in [4.78, 5) is 22.8. The minimum atomic E-state index is -0.400. The first-order chi connectivity index (χ1) is 12.5. The van der Waals surface area contributed by atoms with Gasteiger partial charge in [-0.2, -0.15) is 0 Å². The zero-order valence-corrected chi connectivity index (χ0v) is 14.6. The molecule has 2 aromatic carbocycles. The first-order valence-electron chi connectivity index (χ1n) is 8.19. The van der Waals surface area contributed by atoms with E-state index in [-0.39, 0.29) is 11.2 Å². The fourth-order valence-electron chi connectivity index (χ4n) is 2.85. The molecule has 0 amide bonds. The number of anilines is 1. The van der Waals surface area contributed by atoms with Crippen LogP contribution in [-0.4, -0.2) is 9.49 Å². The van der Waals surface area contributed by atoms with E-state index in [1.807, 2.05) is 30.3 Å². The van der Waals surface area contributed by atoms with Gasteiger partial charge in [0.1, 0.15) is 5.69 Å². The molecule has 1 aromatic heterocycles. The average molecular weight is 349 g/mol. The van der Waals surface area contributed by atoms with Gasteiger partial charge in [0.05, 0.1) is 4.92 Å². The van der Waals surface area contributed by atoms with Crippen molar-refractivity contribution in [2.45, 2.75) is 13.5 Å². The van der Waals surface area contributed by atoms with E-state index in [9.17, 15) is 14.9 Å². The Morgan fingerprint density at radius 1 is 1.08 bits per heavy atom. The molecule has 0 radical (unpaired) electrons. The summed E-state index contributed by atoms with van der Waals surface area (Å²) in [6.45, 7) is 2.24. The first kappa shape index (κ1) is 17.4. The summed E-state index contributed by atoms with van der Waals surface area (Å²) >= 11 is 0. The van der Waals surface area contributed by atoms with Crippen LogP contribution in [0.1, 0.15) is 11.1 Å². The molecule has 0 saturated carbocycles. The average Bonchev–Trinajstić information content (AvgIpc) is 2.64. The quantitative estimate of drug-likeness (QED) is 0.560. The number of nitrogens with one attached hydrogen (secondary N) is 1. The van der Waals surface area contributed by atoms with Gasteiger partial charge < -0.3 is 9.88 Å². The van der Waals surface area contributed by atoms with Crippen LogP contribution in [0.25, 0.3) is 11.1 Å². The number of nitro groups is 1. The molecule has 0 atom stereocenters. The molecule has 132 valence electrons. The first-order valence-corrected chi connectivity index (χ1v) is 8.19. The number of nitro benzene ring substituents is 1. The summed E-state index contributed by atoms with van der Waals surface area (Å²) < 4.78 is 1.52. The molecular weight excluding hydrogens is 330 g/mol. The number of rotatable bonds is 5. The van der Waals surface area contributed by atoms with Crippen LogP contribution < -0.4 is 10.9 Å². The van der Waals surface area contributed by atoms with Gasteiger partial charge in [-0.1, -0.05) is 30.3 Å². The molecule has 0 saturated heterocycles. The number of pyridine rings is 1. The Morgan fingerprint density at radius 2 is 1.81 bits per heavy atom. The van der Waals surface area contributed by atoms with Crippen LogP contribution in [0.15, 0.2) is 65.6 Å². The lowest BCUT2D eigenvalue weighted by Crippen LogP contribution is -2.18. The van der Waals surface area contributed by atoms with Crippen LogP contribution in [0.2, 0.25) is 0 Å². The fraction of sp³-hybridized carbons (Fsp3) is 0.150. The van der Waals surface area contributed by atoms with E-state index in [4.69, 9.17) is 0 Å². The Hall–Kier alpha value is -3.41. The Kier molecular flexibility index (Phi) is 4.84. The molecule has 0 spiro atoms. The number of nitrogens with zero attached hydrogens (tertiary/aromatic N) is 2. The van der Waals surface area contributed by atoms with Crippen molar-refractivity contribution in [2.75, 3.05) is 5.32 Å². The van der Waals surface area contributed by atoms with E-state index < -0.39 is 4.92 Å². The van der Waals surface area contributed by atoms with E-state index in [2.05, 4.69) is 5.32 Å². The molecule has 1 N–H and O–H groups in total. The van der Waals surface area contributed by atoms with Gasteiger partial charge in [-0.3, -0.25) is 14.9 Å². The maximum atomic E-state index is 11.9. The van der Waals surface area contributed by atoms with Gasteiger partial charge in [0.2, 0.25) is 0 Å². The highest BCUT2D eigenvalue weighted by molar-refractivity contribution is 5.74. The van der Waals surface area contributed by atoms with Crippen LogP contribution in [0.4, 0.5) is 11.4 Å². The lowest BCUT2D eigenvalue weighted by atomic mass is 10.0. The highest BCUT2D eigenvalue weighted by atomic mass is 16.6. The van der Waals surface area contributed by atoms with Crippen molar-refractivity contribution >= 4 is 11.4 Å². The van der Waals surface area contributed by atoms with Crippen LogP contribution in [0.3, 0.4) is 0 Å². The molecule has 0 aliphatic rings. The lowest BCUT2D eigenvalue weighted by molar-refractivity contribution is -0.384. The zero-order chi connectivity index (χ0) is 18.7. The van der Waals surface area contributed by atoms with Crippen molar-refractivity contribution in [1.29, 1.82) is 0 Å². The van der Waals surface area contributed by atoms with Gasteiger partial charge >= 0.3 is 0 Å². The molecule has 0 bridgehead atoms. The van der Waals surface area contributed by atoms with Gasteiger partial charge in [-0.05, 0) is 41.8 Å². The summed E-state index contributed by atoms with van der Waals surface area (Å²) in [5.74, 6) is 0. The second-order valence-electron chi connectivity index (χ2n) is 6.16. The van der Waals surface area contributed by atoms with E-state index in [1.165, 1.54) is 10.6 Å². The van der Waals surface area contributed by atoms with Gasteiger partial charge in [0.15, 0.2) is 0 Å². The van der Waals surface area contributed by atoms with E-state index >= 15 is 0 Å². The predicted molar refractivity (Wildman–Crippen MR) is 102 cm³/mol. The Balaban J connectivity index is 1.98. The van der Waals surface area contributed by atoms with Gasteiger partial charge in [0, 0.05) is 31.4 Å². The van der Waals surface area contributed by atoms with Crippen LogP contribution >= 0.6 is 0 Å². The van der Waals surface area contributed by atoms with Gasteiger partial charge in [0.25, 0.3) is 11.2 Å². The number of hydrogen-bond acceptors (Lipinski definition) is 4. The smallest absolute Gasteiger partial charge is 0.292 e. The summed E-state index contributed by atoms with van der Waals surface area (Å²) in [7, 11) is 1.69. The number of benzene rings is 2.